The molecule has 33 heavy (non-hydrogen) atoms. The first-order chi connectivity index (χ1) is 16.1. The van der Waals surface area contributed by atoms with Crippen LogP contribution in [0.25, 0.3) is 11.1 Å². The van der Waals surface area contributed by atoms with Gasteiger partial charge in [-0.1, -0.05) is 60.7 Å². The highest BCUT2D eigenvalue weighted by molar-refractivity contribution is 5.78. The van der Waals surface area contributed by atoms with Crippen LogP contribution < -0.4 is 14.8 Å². The fourth-order valence-corrected chi connectivity index (χ4v) is 4.48. The number of aliphatic hydroxyl groups is 1. The number of hydrogen-bond acceptors (Lipinski definition) is 5. The third kappa shape index (κ3) is 4.87. The summed E-state index contributed by atoms with van der Waals surface area (Å²) in [5.41, 5.74) is 3.36. The number of carbonyl (C=O) groups is 1. The summed E-state index contributed by atoms with van der Waals surface area (Å²) in [6.45, 7) is 2.36. The summed E-state index contributed by atoms with van der Waals surface area (Å²) in [5.74, 6) is 1.43. The van der Waals surface area contributed by atoms with Gasteiger partial charge in [0.2, 0.25) is 12.7 Å². The fraction of sp³-hybridized carbons (Fsp3) is 0.296. The largest absolute Gasteiger partial charge is 0.454 e. The molecule has 0 radical (unpaired) electrons. The van der Waals surface area contributed by atoms with Gasteiger partial charge in [-0.25, -0.2) is 0 Å². The Hall–Kier alpha value is -3.35. The lowest BCUT2D eigenvalue weighted by Gasteiger charge is -2.38. The van der Waals surface area contributed by atoms with E-state index < -0.39 is 5.60 Å². The normalized spacial score (nSPS) is 17.0. The van der Waals surface area contributed by atoms with Crippen LogP contribution in [0.2, 0.25) is 0 Å². The molecular weight excluding hydrogens is 416 g/mol. The van der Waals surface area contributed by atoms with Crippen molar-refractivity contribution in [1.82, 2.24) is 10.2 Å². The molecule has 0 aliphatic carbocycles. The Morgan fingerprint density at radius 2 is 1.61 bits per heavy atom. The van der Waals surface area contributed by atoms with Crippen LogP contribution in [0.5, 0.6) is 11.5 Å². The van der Waals surface area contributed by atoms with Crippen LogP contribution in [-0.4, -0.2) is 42.3 Å². The highest BCUT2D eigenvalue weighted by Crippen LogP contribution is 2.34. The number of carbonyl (C=O) groups excluding carboxylic acids is 1. The number of nitrogens with one attached hydrogen (secondary N) is 1. The van der Waals surface area contributed by atoms with Crippen LogP contribution in [0, 0.1) is 0 Å². The topological polar surface area (TPSA) is 71.0 Å². The molecule has 2 heterocycles. The van der Waals surface area contributed by atoms with Crippen LogP contribution in [0.15, 0.2) is 72.8 Å². The highest BCUT2D eigenvalue weighted by atomic mass is 16.7. The Morgan fingerprint density at radius 3 is 2.36 bits per heavy atom. The van der Waals surface area contributed by atoms with Gasteiger partial charge in [0.1, 0.15) is 0 Å². The third-order valence-corrected chi connectivity index (χ3v) is 6.51. The molecule has 1 fully saturated rings. The minimum absolute atomic E-state index is 0.0229. The maximum atomic E-state index is 12.5. The van der Waals surface area contributed by atoms with Gasteiger partial charge < -0.3 is 19.9 Å². The van der Waals surface area contributed by atoms with Crippen molar-refractivity contribution in [3.05, 3.63) is 83.9 Å². The Morgan fingerprint density at radius 1 is 0.909 bits per heavy atom. The van der Waals surface area contributed by atoms with Gasteiger partial charge in [0.15, 0.2) is 11.5 Å². The number of rotatable bonds is 6. The second-order valence-corrected chi connectivity index (χ2v) is 8.72. The molecule has 6 heteroatoms. The number of piperidine rings is 1. The number of hydrogen-bond donors (Lipinski definition) is 2. The molecule has 0 unspecified atom stereocenters. The zero-order chi connectivity index (χ0) is 22.7. The smallest absolute Gasteiger partial charge is 0.234 e. The van der Waals surface area contributed by atoms with Crippen molar-refractivity contribution in [1.29, 1.82) is 0 Å². The Labute approximate surface area is 193 Å². The highest BCUT2D eigenvalue weighted by Gasteiger charge is 2.34. The summed E-state index contributed by atoms with van der Waals surface area (Å²) in [4.78, 5) is 14.5. The Kier molecular flexibility index (Phi) is 6.03. The molecule has 0 saturated carbocycles. The molecule has 3 aromatic carbocycles. The SMILES string of the molecule is O=C(CN1CCC(O)(c2ccc(-c3ccccc3)cc2)CC1)NCc1ccc2c(c1)OCO2. The van der Waals surface area contributed by atoms with Gasteiger partial charge in [0, 0.05) is 19.6 Å². The fourth-order valence-electron chi connectivity index (χ4n) is 4.48. The molecular formula is C27H28N2O4. The molecule has 6 nitrogen and oxygen atoms in total. The van der Waals surface area contributed by atoms with Gasteiger partial charge in [0.25, 0.3) is 0 Å². The quantitative estimate of drug-likeness (QED) is 0.607. The minimum atomic E-state index is -0.852. The summed E-state index contributed by atoms with van der Waals surface area (Å²) in [7, 11) is 0. The van der Waals surface area contributed by atoms with Crippen molar-refractivity contribution < 1.29 is 19.4 Å². The zero-order valence-corrected chi connectivity index (χ0v) is 18.5. The maximum absolute atomic E-state index is 12.5. The first-order valence-corrected chi connectivity index (χ1v) is 11.3. The lowest BCUT2D eigenvalue weighted by Crippen LogP contribution is -2.46. The van der Waals surface area contributed by atoms with E-state index in [1.54, 1.807) is 0 Å². The predicted octanol–water partition coefficient (Wildman–Crippen LogP) is 3.68. The third-order valence-electron chi connectivity index (χ3n) is 6.51. The summed E-state index contributed by atoms with van der Waals surface area (Å²) in [6.07, 6.45) is 1.21. The first kappa shape index (κ1) is 21.5. The van der Waals surface area contributed by atoms with Crippen molar-refractivity contribution in [2.45, 2.75) is 25.0 Å². The molecule has 1 saturated heterocycles. The molecule has 0 aromatic heterocycles. The number of benzene rings is 3. The van der Waals surface area contributed by atoms with E-state index in [1.165, 1.54) is 0 Å². The molecule has 0 spiro atoms. The van der Waals surface area contributed by atoms with Crippen molar-refractivity contribution in [3.63, 3.8) is 0 Å². The Balaban J connectivity index is 1.11. The Bertz CT molecular complexity index is 1110. The van der Waals surface area contributed by atoms with E-state index in [0.29, 0.717) is 44.8 Å². The molecule has 3 aromatic rings. The van der Waals surface area contributed by atoms with Gasteiger partial charge in [0.05, 0.1) is 12.1 Å². The summed E-state index contributed by atoms with van der Waals surface area (Å²) in [5, 5.41) is 14.2. The van der Waals surface area contributed by atoms with Crippen LogP contribution >= 0.6 is 0 Å². The van der Waals surface area contributed by atoms with Crippen molar-refractivity contribution >= 4 is 5.91 Å². The van der Waals surface area contributed by atoms with Crippen molar-refractivity contribution in [2.75, 3.05) is 26.4 Å². The average Bonchev–Trinajstić information content (AvgIpc) is 3.33. The summed E-state index contributed by atoms with van der Waals surface area (Å²) < 4.78 is 10.7. The van der Waals surface area contributed by atoms with E-state index in [9.17, 15) is 9.90 Å². The number of fused-ring (bicyclic) bond motifs is 1. The molecule has 2 N–H and O–H groups in total. The van der Waals surface area contributed by atoms with E-state index >= 15 is 0 Å². The zero-order valence-electron chi connectivity index (χ0n) is 18.5. The van der Waals surface area contributed by atoms with E-state index in [2.05, 4.69) is 34.5 Å². The number of nitrogens with zero attached hydrogens (tertiary/aromatic N) is 1. The number of likely N-dealkylation sites (tertiary alicyclic amines) is 1. The maximum Gasteiger partial charge on any atom is 0.234 e. The second-order valence-electron chi connectivity index (χ2n) is 8.72. The van der Waals surface area contributed by atoms with Crippen LogP contribution in [0.3, 0.4) is 0 Å². The first-order valence-electron chi connectivity index (χ1n) is 11.3. The van der Waals surface area contributed by atoms with E-state index in [4.69, 9.17) is 9.47 Å². The average molecular weight is 445 g/mol. The molecule has 1 amide bonds. The molecule has 5 rings (SSSR count). The van der Waals surface area contributed by atoms with Gasteiger partial charge in [-0.2, -0.15) is 0 Å². The van der Waals surface area contributed by atoms with Gasteiger partial charge in [-0.05, 0) is 47.2 Å². The van der Waals surface area contributed by atoms with Crippen LogP contribution in [0.1, 0.15) is 24.0 Å². The molecule has 2 aliphatic heterocycles. The summed E-state index contributed by atoms with van der Waals surface area (Å²) in [6, 6.07) is 24.1. The van der Waals surface area contributed by atoms with Crippen LogP contribution in [-0.2, 0) is 16.9 Å². The standard InChI is InChI=1S/C27H28N2O4/c30-26(28-17-20-6-11-24-25(16-20)33-19-32-24)18-29-14-12-27(31,13-15-29)23-9-7-22(8-10-23)21-4-2-1-3-5-21/h1-11,16,31H,12-15,17-19H2,(H,28,30). The van der Waals surface area contributed by atoms with Gasteiger partial charge in [-0.3, -0.25) is 9.69 Å². The van der Waals surface area contributed by atoms with Crippen LogP contribution in [0.4, 0.5) is 0 Å². The van der Waals surface area contributed by atoms with E-state index in [0.717, 1.165) is 28.0 Å². The van der Waals surface area contributed by atoms with Crippen molar-refractivity contribution in [2.24, 2.45) is 0 Å². The molecule has 2 aliphatic rings. The van der Waals surface area contributed by atoms with Gasteiger partial charge >= 0.3 is 0 Å². The monoisotopic (exact) mass is 444 g/mol. The summed E-state index contributed by atoms with van der Waals surface area (Å²) >= 11 is 0. The predicted molar refractivity (Wildman–Crippen MR) is 126 cm³/mol. The molecule has 0 bridgehead atoms. The van der Waals surface area contributed by atoms with Gasteiger partial charge in [-0.15, -0.1) is 0 Å². The molecule has 0 atom stereocenters. The molecule has 170 valence electrons. The van der Waals surface area contributed by atoms with E-state index in [1.807, 2.05) is 48.5 Å². The lowest BCUT2D eigenvalue weighted by atomic mass is 9.84. The van der Waals surface area contributed by atoms with E-state index in [-0.39, 0.29) is 12.7 Å². The number of ether oxygens (including phenoxy) is 2. The van der Waals surface area contributed by atoms with Crippen molar-refractivity contribution in [3.8, 4) is 22.6 Å². The minimum Gasteiger partial charge on any atom is -0.454 e. The second kappa shape index (κ2) is 9.25. The lowest BCUT2D eigenvalue weighted by molar-refractivity contribution is -0.123. The number of amides is 1.